The second-order valence-electron chi connectivity index (χ2n) is 4.21. The molecule has 0 radical (unpaired) electrons. The summed E-state index contributed by atoms with van der Waals surface area (Å²) in [7, 11) is 0. The fraction of sp³-hybridized carbons (Fsp3) is 0.692. The average molecular weight is 250 g/mol. The molecule has 0 bridgehead atoms. The third kappa shape index (κ3) is 7.05. The summed E-state index contributed by atoms with van der Waals surface area (Å²) in [5.41, 5.74) is 6.91. The van der Waals surface area contributed by atoms with Crippen molar-refractivity contribution in [2.75, 3.05) is 13.2 Å². The van der Waals surface area contributed by atoms with Crippen molar-refractivity contribution in [1.29, 1.82) is 0 Å². The highest BCUT2D eigenvalue weighted by atomic mass is 16.5. The molecule has 18 heavy (non-hydrogen) atoms. The zero-order valence-corrected chi connectivity index (χ0v) is 11.0. The van der Waals surface area contributed by atoms with Gasteiger partial charge in [-0.05, 0) is 26.2 Å². The molecule has 0 saturated heterocycles. The van der Waals surface area contributed by atoms with Crippen LogP contribution in [-0.2, 0) is 11.2 Å². The average Bonchev–Trinajstić information content (AvgIpc) is 2.85. The molecule has 100 valence electrons. The lowest BCUT2D eigenvalue weighted by molar-refractivity contribution is 0.127. The Morgan fingerprint density at radius 2 is 2.28 bits per heavy atom. The molecule has 5 heteroatoms. The molecule has 0 aliphatic rings. The molecule has 0 amide bonds. The van der Waals surface area contributed by atoms with Crippen LogP contribution < -0.4 is 5.73 Å². The summed E-state index contributed by atoms with van der Waals surface area (Å²) in [5.74, 6) is 5.89. The molecule has 1 unspecified atom stereocenters. The van der Waals surface area contributed by atoms with E-state index in [0.717, 1.165) is 51.0 Å². The molecule has 1 aromatic heterocycles. The van der Waals surface area contributed by atoms with E-state index in [1.807, 2.05) is 6.92 Å². The van der Waals surface area contributed by atoms with Crippen LogP contribution in [-0.4, -0.2) is 34.7 Å². The Kier molecular flexibility index (Phi) is 7.85. The lowest BCUT2D eigenvalue weighted by Gasteiger charge is -2.09. The first-order valence-corrected chi connectivity index (χ1v) is 6.41. The van der Waals surface area contributed by atoms with E-state index in [0.29, 0.717) is 0 Å². The number of aromatic amines is 1. The molecule has 1 rings (SSSR count). The van der Waals surface area contributed by atoms with Crippen LogP contribution in [0.3, 0.4) is 0 Å². The summed E-state index contributed by atoms with van der Waals surface area (Å²) in [4.78, 5) is 0. The summed E-state index contributed by atoms with van der Waals surface area (Å²) >= 11 is 0. The summed E-state index contributed by atoms with van der Waals surface area (Å²) in [5, 5.41) is 10.3. The van der Waals surface area contributed by atoms with Crippen molar-refractivity contribution in [2.24, 2.45) is 5.73 Å². The molecule has 0 aromatic carbocycles. The second kappa shape index (κ2) is 9.63. The Hall–Kier alpha value is -1.38. The van der Waals surface area contributed by atoms with Crippen molar-refractivity contribution < 1.29 is 4.74 Å². The highest BCUT2D eigenvalue weighted by Gasteiger charge is 2.05. The van der Waals surface area contributed by atoms with Gasteiger partial charge in [0, 0.05) is 38.3 Å². The van der Waals surface area contributed by atoms with Crippen LogP contribution in [0.25, 0.3) is 0 Å². The van der Waals surface area contributed by atoms with Gasteiger partial charge in [0.1, 0.15) is 0 Å². The summed E-state index contributed by atoms with van der Waals surface area (Å²) in [6.45, 7) is 3.41. The normalized spacial score (nSPS) is 11.9. The maximum atomic E-state index is 5.99. The largest absolute Gasteiger partial charge is 0.381 e. The molecule has 1 heterocycles. The third-order valence-corrected chi connectivity index (χ3v) is 2.57. The molecular formula is C13H22N4O. The van der Waals surface area contributed by atoms with E-state index in [4.69, 9.17) is 10.5 Å². The molecule has 5 nitrogen and oxygen atoms in total. The first-order valence-electron chi connectivity index (χ1n) is 6.41. The minimum absolute atomic E-state index is 0.129. The Labute approximate surface area is 108 Å². The van der Waals surface area contributed by atoms with Gasteiger partial charge in [0.2, 0.25) is 0 Å². The van der Waals surface area contributed by atoms with E-state index >= 15 is 0 Å². The van der Waals surface area contributed by atoms with Crippen molar-refractivity contribution in [2.45, 2.75) is 45.1 Å². The van der Waals surface area contributed by atoms with E-state index in [-0.39, 0.29) is 6.04 Å². The van der Waals surface area contributed by atoms with Crippen molar-refractivity contribution >= 4 is 0 Å². The van der Waals surface area contributed by atoms with Crippen molar-refractivity contribution in [3.63, 3.8) is 0 Å². The molecular weight excluding hydrogens is 228 g/mol. The van der Waals surface area contributed by atoms with Crippen molar-refractivity contribution in [3.8, 4) is 11.8 Å². The van der Waals surface area contributed by atoms with Crippen LogP contribution >= 0.6 is 0 Å². The highest BCUT2D eigenvalue weighted by molar-refractivity contribution is 4.94. The van der Waals surface area contributed by atoms with E-state index in [2.05, 4.69) is 27.3 Å². The number of aromatic nitrogens is 3. The van der Waals surface area contributed by atoms with Crippen LogP contribution in [0.2, 0.25) is 0 Å². The smallest absolute Gasteiger partial charge is 0.0839 e. The Balaban J connectivity index is 1.92. The van der Waals surface area contributed by atoms with Gasteiger partial charge in [-0.15, -0.1) is 16.9 Å². The van der Waals surface area contributed by atoms with E-state index in [1.54, 1.807) is 6.20 Å². The van der Waals surface area contributed by atoms with E-state index in [1.165, 1.54) is 0 Å². The minimum atomic E-state index is 0.129. The van der Waals surface area contributed by atoms with Crippen LogP contribution in [0.5, 0.6) is 0 Å². The molecule has 3 N–H and O–H groups in total. The highest BCUT2D eigenvalue weighted by Crippen LogP contribution is 2.02. The Morgan fingerprint density at radius 3 is 3.00 bits per heavy atom. The van der Waals surface area contributed by atoms with Crippen molar-refractivity contribution in [1.82, 2.24) is 15.4 Å². The number of nitrogens with two attached hydrogens (primary N) is 1. The molecule has 0 aliphatic heterocycles. The van der Waals surface area contributed by atoms with Gasteiger partial charge in [0.25, 0.3) is 0 Å². The molecule has 0 aliphatic carbocycles. The predicted octanol–water partition coefficient (Wildman–Crippen LogP) is 1.27. The van der Waals surface area contributed by atoms with Crippen LogP contribution in [0.15, 0.2) is 6.20 Å². The molecule has 1 atom stereocenters. The van der Waals surface area contributed by atoms with Gasteiger partial charge in [0.05, 0.1) is 5.69 Å². The van der Waals surface area contributed by atoms with Gasteiger partial charge in [-0.25, -0.2) is 0 Å². The van der Waals surface area contributed by atoms with Gasteiger partial charge < -0.3 is 10.5 Å². The second-order valence-corrected chi connectivity index (χ2v) is 4.21. The minimum Gasteiger partial charge on any atom is -0.381 e. The summed E-state index contributed by atoms with van der Waals surface area (Å²) in [6.07, 6.45) is 6.40. The zero-order valence-electron chi connectivity index (χ0n) is 11.0. The topological polar surface area (TPSA) is 76.8 Å². The van der Waals surface area contributed by atoms with Crippen molar-refractivity contribution in [3.05, 3.63) is 11.9 Å². The number of rotatable bonds is 9. The van der Waals surface area contributed by atoms with Gasteiger partial charge in [0.15, 0.2) is 0 Å². The predicted molar refractivity (Wildman–Crippen MR) is 70.8 cm³/mol. The van der Waals surface area contributed by atoms with E-state index < -0.39 is 0 Å². The fourth-order valence-corrected chi connectivity index (χ4v) is 1.63. The number of unbranched alkanes of at least 4 members (excludes halogenated alkanes) is 1. The molecule has 0 fully saturated rings. The summed E-state index contributed by atoms with van der Waals surface area (Å²) < 4.78 is 5.51. The van der Waals surface area contributed by atoms with Crippen LogP contribution in [0.1, 0.15) is 38.3 Å². The van der Waals surface area contributed by atoms with Gasteiger partial charge in [-0.2, -0.15) is 0 Å². The lowest BCUT2D eigenvalue weighted by atomic mass is 10.1. The number of hydrogen-bond acceptors (Lipinski definition) is 4. The first kappa shape index (κ1) is 14.7. The standard InChI is InChI=1S/C13H22N4O/c1-2-3-4-5-8-18-9-6-7-12(14)10-13-11-15-17-16-13/h11-12H,4-10,14H2,1H3,(H,15,16,17). The number of nitrogens with one attached hydrogen (secondary N) is 1. The zero-order chi connectivity index (χ0) is 13.1. The lowest BCUT2D eigenvalue weighted by Crippen LogP contribution is -2.23. The summed E-state index contributed by atoms with van der Waals surface area (Å²) in [6, 6.07) is 0.129. The Bertz CT molecular complexity index is 353. The number of ether oxygens (including phenoxy) is 1. The maximum absolute atomic E-state index is 5.99. The molecule has 0 spiro atoms. The number of nitrogens with zero attached hydrogens (tertiary/aromatic N) is 2. The SMILES string of the molecule is CC#CCCCOCCCC(N)Cc1c[nH]nn1. The van der Waals surface area contributed by atoms with Crippen LogP contribution in [0, 0.1) is 11.8 Å². The quantitative estimate of drug-likeness (QED) is 0.511. The fourth-order valence-electron chi connectivity index (χ4n) is 1.63. The van der Waals surface area contributed by atoms with Gasteiger partial charge in [-0.3, -0.25) is 5.10 Å². The number of H-pyrrole nitrogens is 1. The maximum Gasteiger partial charge on any atom is 0.0839 e. The first-order chi connectivity index (χ1) is 8.83. The van der Waals surface area contributed by atoms with Gasteiger partial charge >= 0.3 is 0 Å². The monoisotopic (exact) mass is 250 g/mol. The van der Waals surface area contributed by atoms with E-state index in [9.17, 15) is 0 Å². The van der Waals surface area contributed by atoms with Crippen LogP contribution in [0.4, 0.5) is 0 Å². The number of hydrogen-bond donors (Lipinski definition) is 2. The van der Waals surface area contributed by atoms with Gasteiger partial charge in [-0.1, -0.05) is 5.21 Å². The Morgan fingerprint density at radius 1 is 1.44 bits per heavy atom. The molecule has 1 aromatic rings. The molecule has 0 saturated carbocycles. The third-order valence-electron chi connectivity index (χ3n) is 2.57.